The molecule has 2 atom stereocenters. The van der Waals surface area contributed by atoms with Crippen molar-refractivity contribution in [3.05, 3.63) is 64.1 Å². The Kier molecular flexibility index (Phi) is 5.02. The van der Waals surface area contributed by atoms with Crippen LogP contribution >= 0.6 is 27.7 Å². The monoisotopic (exact) mass is 472 g/mol. The Morgan fingerprint density at radius 2 is 1.89 bits per heavy atom. The van der Waals surface area contributed by atoms with Gasteiger partial charge in [0.15, 0.2) is 15.0 Å². The first-order valence-corrected chi connectivity index (χ1v) is 11.8. The predicted molar refractivity (Wildman–Crippen MR) is 108 cm³/mol. The summed E-state index contributed by atoms with van der Waals surface area (Å²) in [5.41, 5.74) is 1.22. The lowest BCUT2D eigenvalue weighted by molar-refractivity contribution is 0.600. The van der Waals surface area contributed by atoms with E-state index in [0.29, 0.717) is 21.1 Å². The Bertz CT molecular complexity index is 1010. The van der Waals surface area contributed by atoms with Gasteiger partial charge in [0.05, 0.1) is 29.3 Å². The van der Waals surface area contributed by atoms with E-state index in [1.807, 2.05) is 0 Å². The molecule has 1 fully saturated rings. The van der Waals surface area contributed by atoms with Crippen molar-refractivity contribution >= 4 is 48.4 Å². The van der Waals surface area contributed by atoms with E-state index in [2.05, 4.69) is 20.9 Å². The van der Waals surface area contributed by atoms with E-state index in [4.69, 9.17) is 0 Å². The molecule has 142 valence electrons. The quantitative estimate of drug-likeness (QED) is 0.677. The molecule has 2 aliphatic rings. The van der Waals surface area contributed by atoms with Gasteiger partial charge in [-0.15, -0.1) is 0 Å². The Balaban J connectivity index is 1.64. The molecule has 2 aromatic carbocycles. The summed E-state index contributed by atoms with van der Waals surface area (Å²) in [6.45, 7) is 0. The molecule has 0 spiro atoms. The molecule has 2 aromatic rings. The standard InChI is InChI=1S/C18H15BrF2N2O2S2/c19-12-3-6-16(14(21)7-12)23-17-10-27(24,25)9-15(17)22-18(23)26-8-11-1-4-13(20)5-2-11/h1-7,15,17H,8-10H2/t15-,17-/m1/s1. The first-order chi connectivity index (χ1) is 12.8. The third-order valence-electron chi connectivity index (χ3n) is 4.56. The SMILES string of the molecule is O=S1(=O)C[C@@H]2[C@@H](C1)N=C(SCc1ccc(F)cc1)N2c1ccc(Br)cc1F. The molecule has 4 rings (SSSR count). The van der Waals surface area contributed by atoms with Crippen molar-refractivity contribution in [3.63, 3.8) is 0 Å². The van der Waals surface area contributed by atoms with Crippen LogP contribution in [0.4, 0.5) is 14.5 Å². The highest BCUT2D eigenvalue weighted by Crippen LogP contribution is 2.37. The maximum Gasteiger partial charge on any atom is 0.164 e. The van der Waals surface area contributed by atoms with Gasteiger partial charge in [-0.1, -0.05) is 39.8 Å². The molecule has 0 saturated carbocycles. The Hall–Kier alpha value is -1.45. The zero-order valence-electron chi connectivity index (χ0n) is 14.0. The van der Waals surface area contributed by atoms with E-state index >= 15 is 0 Å². The Labute approximate surface area is 168 Å². The number of halogens is 3. The molecular weight excluding hydrogens is 458 g/mol. The van der Waals surface area contributed by atoms with Crippen molar-refractivity contribution in [2.75, 3.05) is 16.4 Å². The van der Waals surface area contributed by atoms with Crippen molar-refractivity contribution in [1.29, 1.82) is 0 Å². The normalized spacial score (nSPS) is 23.4. The molecular formula is C18H15BrF2N2O2S2. The highest BCUT2D eigenvalue weighted by atomic mass is 79.9. The topological polar surface area (TPSA) is 49.7 Å². The van der Waals surface area contributed by atoms with E-state index < -0.39 is 27.7 Å². The van der Waals surface area contributed by atoms with Crippen LogP contribution in [0.1, 0.15) is 5.56 Å². The van der Waals surface area contributed by atoms with Crippen LogP contribution in [0, 0.1) is 11.6 Å². The van der Waals surface area contributed by atoms with Gasteiger partial charge in [-0.05, 0) is 35.9 Å². The molecule has 27 heavy (non-hydrogen) atoms. The number of rotatable bonds is 3. The molecule has 0 amide bonds. The van der Waals surface area contributed by atoms with E-state index in [1.54, 1.807) is 29.2 Å². The summed E-state index contributed by atoms with van der Waals surface area (Å²) >= 11 is 4.64. The van der Waals surface area contributed by atoms with Crippen molar-refractivity contribution < 1.29 is 17.2 Å². The summed E-state index contributed by atoms with van der Waals surface area (Å²) in [4.78, 5) is 6.27. The molecule has 0 bridgehead atoms. The number of thioether (sulfide) groups is 1. The maximum atomic E-state index is 14.6. The molecule has 2 aliphatic heterocycles. The molecule has 0 aromatic heterocycles. The van der Waals surface area contributed by atoms with Crippen LogP contribution in [0.3, 0.4) is 0 Å². The second kappa shape index (κ2) is 7.18. The van der Waals surface area contributed by atoms with Gasteiger partial charge < -0.3 is 4.90 Å². The van der Waals surface area contributed by atoms with Crippen molar-refractivity contribution in [2.24, 2.45) is 4.99 Å². The highest BCUT2D eigenvalue weighted by molar-refractivity contribution is 9.10. The fourth-order valence-corrected chi connectivity index (χ4v) is 6.57. The van der Waals surface area contributed by atoms with Crippen LogP contribution in [-0.2, 0) is 15.6 Å². The third-order valence-corrected chi connectivity index (χ3v) is 7.79. The van der Waals surface area contributed by atoms with Gasteiger partial charge in [-0.25, -0.2) is 17.2 Å². The second-order valence-electron chi connectivity index (χ2n) is 6.50. The number of anilines is 1. The van der Waals surface area contributed by atoms with Crippen molar-refractivity contribution in [1.82, 2.24) is 0 Å². The zero-order valence-corrected chi connectivity index (χ0v) is 17.2. The summed E-state index contributed by atoms with van der Waals surface area (Å²) in [5.74, 6) is -0.283. The summed E-state index contributed by atoms with van der Waals surface area (Å²) in [6, 6.07) is 10.1. The number of hydrogen-bond donors (Lipinski definition) is 0. The molecule has 9 heteroatoms. The van der Waals surface area contributed by atoms with E-state index in [1.165, 1.54) is 30.0 Å². The summed E-state index contributed by atoms with van der Waals surface area (Å²) in [6.07, 6.45) is 0. The smallest absolute Gasteiger partial charge is 0.164 e. The fraction of sp³-hybridized carbons (Fsp3) is 0.278. The van der Waals surface area contributed by atoms with Crippen LogP contribution in [0.2, 0.25) is 0 Å². The van der Waals surface area contributed by atoms with Gasteiger partial charge in [-0.2, -0.15) is 0 Å². The number of nitrogens with zero attached hydrogens (tertiary/aromatic N) is 2. The summed E-state index contributed by atoms with van der Waals surface area (Å²) < 4.78 is 52.4. The number of amidine groups is 1. The highest BCUT2D eigenvalue weighted by Gasteiger charge is 2.47. The molecule has 0 aliphatic carbocycles. The fourth-order valence-electron chi connectivity index (χ4n) is 3.32. The minimum absolute atomic E-state index is 0.0209. The Morgan fingerprint density at radius 3 is 2.59 bits per heavy atom. The van der Waals surface area contributed by atoms with Gasteiger partial charge in [0.25, 0.3) is 0 Å². The van der Waals surface area contributed by atoms with Gasteiger partial charge >= 0.3 is 0 Å². The minimum Gasteiger partial charge on any atom is -0.312 e. The third kappa shape index (κ3) is 3.90. The van der Waals surface area contributed by atoms with Crippen LogP contribution in [-0.4, -0.2) is 37.2 Å². The largest absolute Gasteiger partial charge is 0.312 e. The minimum atomic E-state index is -3.19. The van der Waals surface area contributed by atoms with Gasteiger partial charge in [-0.3, -0.25) is 4.99 Å². The van der Waals surface area contributed by atoms with Gasteiger partial charge in [0.1, 0.15) is 11.6 Å². The van der Waals surface area contributed by atoms with E-state index in [-0.39, 0.29) is 17.3 Å². The van der Waals surface area contributed by atoms with Crippen molar-refractivity contribution in [3.8, 4) is 0 Å². The molecule has 1 saturated heterocycles. The average molecular weight is 473 g/mol. The summed E-state index contributed by atoms with van der Waals surface area (Å²) in [5, 5.41) is 0.588. The lowest BCUT2D eigenvalue weighted by Gasteiger charge is -2.27. The van der Waals surface area contributed by atoms with E-state index in [9.17, 15) is 17.2 Å². The maximum absolute atomic E-state index is 14.6. The van der Waals surface area contributed by atoms with Gasteiger partial charge in [0.2, 0.25) is 0 Å². The molecule has 0 unspecified atom stereocenters. The van der Waals surface area contributed by atoms with E-state index in [0.717, 1.165) is 5.56 Å². The number of benzene rings is 2. The van der Waals surface area contributed by atoms with Crippen LogP contribution in [0.5, 0.6) is 0 Å². The number of aliphatic imine (C=N–C) groups is 1. The lowest BCUT2D eigenvalue weighted by Crippen LogP contribution is -2.39. The molecule has 0 radical (unpaired) electrons. The van der Waals surface area contributed by atoms with Crippen molar-refractivity contribution in [2.45, 2.75) is 17.8 Å². The number of hydrogen-bond acceptors (Lipinski definition) is 5. The summed E-state index contributed by atoms with van der Waals surface area (Å²) in [7, 11) is -3.19. The van der Waals surface area contributed by atoms with Gasteiger partial charge in [0, 0.05) is 10.2 Å². The zero-order chi connectivity index (χ0) is 19.2. The first-order valence-electron chi connectivity index (χ1n) is 8.22. The molecule has 0 N–H and O–H groups in total. The lowest BCUT2D eigenvalue weighted by atomic mass is 10.1. The predicted octanol–water partition coefficient (Wildman–Crippen LogP) is 4.00. The van der Waals surface area contributed by atoms with Crippen LogP contribution in [0.15, 0.2) is 51.9 Å². The van der Waals surface area contributed by atoms with Crippen LogP contribution < -0.4 is 4.90 Å². The molecule has 2 heterocycles. The second-order valence-corrected chi connectivity index (χ2v) is 10.5. The Morgan fingerprint density at radius 1 is 1.15 bits per heavy atom. The average Bonchev–Trinajstić information content (AvgIpc) is 3.06. The van der Waals surface area contributed by atoms with Crippen LogP contribution in [0.25, 0.3) is 0 Å². The number of fused-ring (bicyclic) bond motifs is 1. The number of sulfone groups is 1. The molecule has 4 nitrogen and oxygen atoms in total. The first kappa shape index (κ1) is 18.9.